The van der Waals surface area contributed by atoms with Gasteiger partial charge in [0, 0.05) is 46.9 Å². The lowest BCUT2D eigenvalue weighted by atomic mass is 10.0. The zero-order chi connectivity index (χ0) is 35.0. The Morgan fingerprint density at radius 2 is 1.15 bits per heavy atom. The summed E-state index contributed by atoms with van der Waals surface area (Å²) >= 11 is 3.69. The highest BCUT2D eigenvalue weighted by Gasteiger charge is 2.25. The minimum absolute atomic E-state index is 0.633. The minimum atomic E-state index is 0.633. The summed E-state index contributed by atoms with van der Waals surface area (Å²) < 4.78 is 2.65. The van der Waals surface area contributed by atoms with E-state index in [1.165, 1.54) is 52.5 Å². The average molecular weight is 704 g/mol. The molecule has 0 atom stereocenters. The summed E-state index contributed by atoms with van der Waals surface area (Å²) in [6, 6.07) is 59.9. The molecule has 0 unspecified atom stereocenters. The maximum atomic E-state index is 5.06. The van der Waals surface area contributed by atoms with Gasteiger partial charge in [0.15, 0.2) is 5.84 Å². The van der Waals surface area contributed by atoms with Gasteiger partial charge in [-0.05, 0) is 83.8 Å². The molecule has 0 N–H and O–H groups in total. The van der Waals surface area contributed by atoms with E-state index in [0.29, 0.717) is 11.5 Å². The Morgan fingerprint density at radius 1 is 0.519 bits per heavy atom. The van der Waals surface area contributed by atoms with Gasteiger partial charge in [0.25, 0.3) is 0 Å². The molecule has 0 saturated heterocycles. The quantitative estimate of drug-likeness (QED) is 0.127. The fourth-order valence-electron chi connectivity index (χ4n) is 6.76. The van der Waals surface area contributed by atoms with Gasteiger partial charge in [0.2, 0.25) is 0 Å². The number of aliphatic imine (C=N–C) groups is 2. The van der Waals surface area contributed by atoms with Crippen molar-refractivity contribution in [3.63, 3.8) is 0 Å². The lowest BCUT2D eigenvalue weighted by molar-refractivity contribution is 1.17. The van der Waals surface area contributed by atoms with E-state index < -0.39 is 0 Å². The van der Waals surface area contributed by atoms with E-state index in [-0.39, 0.29) is 0 Å². The number of fused-ring (bicyclic) bond motifs is 5. The normalized spacial score (nSPS) is 12.9. The first-order valence-electron chi connectivity index (χ1n) is 17.3. The Kier molecular flexibility index (Phi) is 8.36. The first kappa shape index (κ1) is 31.9. The van der Waals surface area contributed by atoms with Crippen LogP contribution in [0, 0.1) is 0 Å². The van der Waals surface area contributed by atoms with Gasteiger partial charge in [-0.15, -0.1) is 11.3 Å². The van der Waals surface area contributed by atoms with Crippen molar-refractivity contribution in [2.24, 2.45) is 9.98 Å². The summed E-state index contributed by atoms with van der Waals surface area (Å²) in [6.45, 7) is 6.29. The highest BCUT2D eigenvalue weighted by Crippen LogP contribution is 2.52. The molecule has 248 valence electrons. The first-order valence-corrected chi connectivity index (χ1v) is 18.9. The fraction of sp³-hybridized carbons (Fsp3) is 0.0213. The van der Waals surface area contributed by atoms with Crippen LogP contribution < -0.4 is 4.90 Å². The lowest BCUT2D eigenvalue weighted by Gasteiger charge is -2.33. The van der Waals surface area contributed by atoms with Gasteiger partial charge in [0.05, 0.1) is 17.1 Å². The van der Waals surface area contributed by atoms with Gasteiger partial charge in [-0.25, -0.2) is 9.98 Å². The molecular formula is C47H33N3S2. The molecule has 9 rings (SSSR count). The van der Waals surface area contributed by atoms with Crippen LogP contribution in [0.25, 0.3) is 37.0 Å². The third-order valence-electron chi connectivity index (χ3n) is 9.43. The molecule has 1 aromatic heterocycles. The summed E-state index contributed by atoms with van der Waals surface area (Å²) in [4.78, 5) is 14.8. The summed E-state index contributed by atoms with van der Waals surface area (Å²) in [6.07, 6.45) is 0. The van der Waals surface area contributed by atoms with Crippen LogP contribution >= 0.6 is 23.1 Å². The molecule has 0 spiro atoms. The third-order valence-corrected chi connectivity index (χ3v) is 11.7. The van der Waals surface area contributed by atoms with Crippen molar-refractivity contribution in [3.8, 4) is 11.1 Å². The summed E-state index contributed by atoms with van der Waals surface area (Å²) in [5, 5.41) is 2.64. The van der Waals surface area contributed by atoms with Gasteiger partial charge in [-0.1, -0.05) is 134 Å². The molecule has 0 fully saturated rings. The second kappa shape index (κ2) is 13.6. The van der Waals surface area contributed by atoms with Crippen molar-refractivity contribution in [2.75, 3.05) is 4.90 Å². The van der Waals surface area contributed by atoms with Gasteiger partial charge in [-0.3, -0.25) is 0 Å². The zero-order valence-electron chi connectivity index (χ0n) is 28.5. The molecule has 3 nitrogen and oxygen atoms in total. The predicted molar refractivity (Wildman–Crippen MR) is 224 cm³/mol. The van der Waals surface area contributed by atoms with Crippen LogP contribution in [0.4, 0.5) is 17.1 Å². The number of amidine groups is 1. The number of rotatable bonds is 6. The summed E-state index contributed by atoms with van der Waals surface area (Å²) in [5.41, 5.74) is 10.4. The Balaban J connectivity index is 1.06. The predicted octanol–water partition coefficient (Wildman–Crippen LogP) is 13.6. The highest BCUT2D eigenvalue weighted by atomic mass is 32.2. The molecule has 7 aromatic carbocycles. The zero-order valence-corrected chi connectivity index (χ0v) is 30.2. The standard InChI is InChI=1S/C47H33N3S2/c1-31(33-13-5-3-6-14-33)48-47(35-15-7-4-8-16-35)49-32(2)34-21-25-38(26-22-34)50-41-18-10-12-20-45(41)52-46-30-37(23-27-42(46)50)36-24-28-44-40(29-36)39-17-9-11-19-43(39)51-44/h3-30H,1H2,2H3. The van der Waals surface area contributed by atoms with Crippen LogP contribution in [0.3, 0.4) is 0 Å². The molecule has 0 saturated carbocycles. The Hall–Kier alpha value is -6.01. The van der Waals surface area contributed by atoms with Crippen LogP contribution in [0.2, 0.25) is 0 Å². The number of para-hydroxylation sites is 1. The Labute approximate surface area is 312 Å². The molecule has 1 aliphatic heterocycles. The largest absolute Gasteiger partial charge is 0.308 e. The number of hydrogen-bond donors (Lipinski definition) is 0. The summed E-state index contributed by atoms with van der Waals surface area (Å²) in [5.74, 6) is 0.633. The molecule has 8 aromatic rings. The maximum Gasteiger partial charge on any atom is 0.160 e. The van der Waals surface area contributed by atoms with Crippen LogP contribution in [0.15, 0.2) is 196 Å². The van der Waals surface area contributed by atoms with E-state index in [1.807, 2.05) is 90.7 Å². The molecule has 5 heteroatoms. The van der Waals surface area contributed by atoms with Crippen LogP contribution in [-0.4, -0.2) is 11.5 Å². The smallest absolute Gasteiger partial charge is 0.160 e. The van der Waals surface area contributed by atoms with Crippen molar-refractivity contribution in [1.29, 1.82) is 0 Å². The van der Waals surface area contributed by atoms with Gasteiger partial charge in [-0.2, -0.15) is 0 Å². The van der Waals surface area contributed by atoms with Crippen LogP contribution in [0.1, 0.15) is 23.6 Å². The molecule has 1 aliphatic rings. The van der Waals surface area contributed by atoms with E-state index in [4.69, 9.17) is 9.98 Å². The van der Waals surface area contributed by atoms with Gasteiger partial charge in [0.1, 0.15) is 0 Å². The highest BCUT2D eigenvalue weighted by molar-refractivity contribution is 7.99. The van der Waals surface area contributed by atoms with E-state index in [2.05, 4.69) is 121 Å². The minimum Gasteiger partial charge on any atom is -0.308 e. The van der Waals surface area contributed by atoms with E-state index in [9.17, 15) is 0 Å². The number of anilines is 3. The van der Waals surface area contributed by atoms with Crippen molar-refractivity contribution in [1.82, 2.24) is 0 Å². The van der Waals surface area contributed by atoms with Crippen LogP contribution in [-0.2, 0) is 0 Å². The monoisotopic (exact) mass is 703 g/mol. The summed E-state index contributed by atoms with van der Waals surface area (Å²) in [7, 11) is 0. The number of nitrogens with zero attached hydrogens (tertiary/aromatic N) is 3. The molecule has 52 heavy (non-hydrogen) atoms. The lowest BCUT2D eigenvalue weighted by Crippen LogP contribution is -2.15. The third kappa shape index (κ3) is 6.04. The van der Waals surface area contributed by atoms with Crippen molar-refractivity contribution >= 4 is 77.6 Å². The number of thiophene rings is 1. The fourth-order valence-corrected chi connectivity index (χ4v) is 8.94. The van der Waals surface area contributed by atoms with Gasteiger partial charge >= 0.3 is 0 Å². The molecule has 0 aliphatic carbocycles. The molecule has 2 heterocycles. The maximum absolute atomic E-state index is 5.06. The topological polar surface area (TPSA) is 28.0 Å². The number of benzene rings is 7. The Morgan fingerprint density at radius 3 is 1.96 bits per heavy atom. The molecule has 0 amide bonds. The Bertz CT molecular complexity index is 2670. The van der Waals surface area contributed by atoms with E-state index in [1.54, 1.807) is 0 Å². The van der Waals surface area contributed by atoms with Crippen molar-refractivity contribution < 1.29 is 0 Å². The molecule has 0 bridgehead atoms. The van der Waals surface area contributed by atoms with E-state index in [0.717, 1.165) is 28.1 Å². The SMILES string of the molecule is C=C(N=C(N=C(C)c1ccc(N2c3ccccc3Sc3cc(-c4ccc5sc6ccccc6c5c4)ccc32)cc1)c1ccccc1)c1ccccc1. The first-order chi connectivity index (χ1) is 25.6. The average Bonchev–Trinajstić information content (AvgIpc) is 3.58. The van der Waals surface area contributed by atoms with Crippen molar-refractivity contribution in [3.05, 3.63) is 193 Å². The molecular weight excluding hydrogens is 671 g/mol. The van der Waals surface area contributed by atoms with Crippen molar-refractivity contribution in [2.45, 2.75) is 16.7 Å². The van der Waals surface area contributed by atoms with Crippen LogP contribution in [0.5, 0.6) is 0 Å². The second-order valence-electron chi connectivity index (χ2n) is 12.8. The number of hydrogen-bond acceptors (Lipinski definition) is 4. The van der Waals surface area contributed by atoms with E-state index >= 15 is 0 Å². The van der Waals surface area contributed by atoms with Gasteiger partial charge < -0.3 is 4.90 Å². The molecule has 0 radical (unpaired) electrons. The second-order valence-corrected chi connectivity index (χ2v) is 14.9.